The minimum atomic E-state index is 0.140. The molecule has 0 aromatic carbocycles. The van der Waals surface area contributed by atoms with Gasteiger partial charge in [-0.1, -0.05) is 0 Å². The number of carbonyl (C=O) groups excluding carboxylic acids is 1. The molecule has 5 nitrogen and oxygen atoms in total. The Bertz CT molecular complexity index is 497. The Morgan fingerprint density at radius 3 is 3.16 bits per heavy atom. The van der Waals surface area contributed by atoms with E-state index in [9.17, 15) is 4.79 Å². The first-order chi connectivity index (χ1) is 9.26. The summed E-state index contributed by atoms with van der Waals surface area (Å²) in [6.07, 6.45) is 6.79. The largest absolute Gasteiger partial charge is 0.381 e. The summed E-state index contributed by atoms with van der Waals surface area (Å²) in [5, 5.41) is 0. The van der Waals surface area contributed by atoms with Gasteiger partial charge in [0.25, 0.3) is 0 Å². The van der Waals surface area contributed by atoms with E-state index in [-0.39, 0.29) is 5.92 Å². The van der Waals surface area contributed by atoms with Gasteiger partial charge in [-0.3, -0.25) is 4.79 Å². The summed E-state index contributed by atoms with van der Waals surface area (Å²) in [5.41, 5.74) is 0.296. The zero-order valence-corrected chi connectivity index (χ0v) is 11.0. The van der Waals surface area contributed by atoms with Crippen molar-refractivity contribution in [2.45, 2.75) is 25.8 Å². The quantitative estimate of drug-likeness (QED) is 0.747. The van der Waals surface area contributed by atoms with Crippen molar-refractivity contribution in [3.05, 3.63) is 18.2 Å². The number of fused-ring (bicyclic) bond motifs is 1. The van der Waals surface area contributed by atoms with Gasteiger partial charge in [-0.25, -0.2) is 4.98 Å². The lowest BCUT2D eigenvalue weighted by Gasteiger charge is -2.48. The van der Waals surface area contributed by atoms with E-state index in [1.807, 2.05) is 17.3 Å². The van der Waals surface area contributed by atoms with Gasteiger partial charge in [0.15, 0.2) is 0 Å². The monoisotopic (exact) mass is 261 g/mol. The molecule has 0 N–H and O–H groups in total. The van der Waals surface area contributed by atoms with Crippen LogP contribution in [0.2, 0.25) is 0 Å². The summed E-state index contributed by atoms with van der Waals surface area (Å²) < 4.78 is 7.59. The molecule has 0 bridgehead atoms. The molecule has 1 aromatic heterocycles. The number of aromatic nitrogens is 2. The third-order valence-corrected chi connectivity index (χ3v) is 4.83. The molecule has 0 radical (unpaired) electrons. The van der Waals surface area contributed by atoms with Gasteiger partial charge < -0.3 is 14.2 Å². The molecule has 1 aromatic rings. The van der Waals surface area contributed by atoms with Crippen molar-refractivity contribution in [2.24, 2.45) is 11.3 Å². The zero-order chi connectivity index (χ0) is 12.9. The summed E-state index contributed by atoms with van der Waals surface area (Å²) in [4.78, 5) is 18.8. The van der Waals surface area contributed by atoms with E-state index >= 15 is 0 Å². The van der Waals surface area contributed by atoms with Crippen molar-refractivity contribution in [2.75, 3.05) is 26.3 Å². The van der Waals surface area contributed by atoms with Crippen molar-refractivity contribution in [1.29, 1.82) is 0 Å². The lowest BCUT2D eigenvalue weighted by Crippen LogP contribution is -2.60. The minimum absolute atomic E-state index is 0.140. The summed E-state index contributed by atoms with van der Waals surface area (Å²) in [6.45, 7) is 4.31. The molecular weight excluding hydrogens is 242 g/mol. The third kappa shape index (κ3) is 1.79. The molecule has 1 unspecified atom stereocenters. The maximum atomic E-state index is 12.5. The number of rotatable bonds is 1. The van der Waals surface area contributed by atoms with Crippen molar-refractivity contribution < 1.29 is 9.53 Å². The Labute approximate surface area is 112 Å². The average Bonchev–Trinajstić information content (AvgIpc) is 3.04. The second-order valence-corrected chi connectivity index (χ2v) is 6.23. The molecule has 102 valence electrons. The molecule has 1 spiro atoms. The number of aryl methyl sites for hydroxylation is 1. The highest BCUT2D eigenvalue weighted by Gasteiger charge is 2.48. The van der Waals surface area contributed by atoms with Crippen LogP contribution in [-0.2, 0) is 22.5 Å². The fourth-order valence-electron chi connectivity index (χ4n) is 3.64. The van der Waals surface area contributed by atoms with E-state index in [0.29, 0.717) is 11.3 Å². The standard InChI is InChI=1S/C14H19N3O2/c18-13(17-8-14(9-17)3-6-19-10-14)11-1-2-12-15-4-5-16(12)7-11/h4-5,11H,1-3,6-10H2. The molecule has 0 saturated carbocycles. The zero-order valence-electron chi connectivity index (χ0n) is 11.0. The molecule has 1 amide bonds. The topological polar surface area (TPSA) is 47.4 Å². The van der Waals surface area contributed by atoms with Crippen molar-refractivity contribution in [3.63, 3.8) is 0 Å². The molecule has 5 heteroatoms. The fraction of sp³-hybridized carbons (Fsp3) is 0.714. The second kappa shape index (κ2) is 4.07. The number of hydrogen-bond acceptors (Lipinski definition) is 3. The van der Waals surface area contributed by atoms with Crippen LogP contribution in [0.15, 0.2) is 12.4 Å². The molecule has 4 heterocycles. The van der Waals surface area contributed by atoms with Gasteiger partial charge in [0, 0.05) is 50.5 Å². The third-order valence-electron chi connectivity index (χ3n) is 4.83. The minimum Gasteiger partial charge on any atom is -0.381 e. The predicted molar refractivity (Wildman–Crippen MR) is 68.5 cm³/mol. The van der Waals surface area contributed by atoms with Crippen LogP contribution in [0.5, 0.6) is 0 Å². The molecule has 2 saturated heterocycles. The summed E-state index contributed by atoms with van der Waals surface area (Å²) in [6, 6.07) is 0. The fourth-order valence-corrected chi connectivity index (χ4v) is 3.64. The van der Waals surface area contributed by atoms with Crippen LogP contribution < -0.4 is 0 Å². The lowest BCUT2D eigenvalue weighted by atomic mass is 9.78. The molecule has 4 rings (SSSR count). The maximum absolute atomic E-state index is 12.5. The highest BCUT2D eigenvalue weighted by atomic mass is 16.5. The second-order valence-electron chi connectivity index (χ2n) is 6.23. The Kier molecular flexibility index (Phi) is 2.45. The number of imidazole rings is 1. The number of carbonyl (C=O) groups is 1. The Morgan fingerprint density at radius 1 is 1.47 bits per heavy atom. The van der Waals surface area contributed by atoms with E-state index in [1.165, 1.54) is 0 Å². The predicted octanol–water partition coefficient (Wildman–Crippen LogP) is 0.694. The van der Waals surface area contributed by atoms with Gasteiger partial charge in [0.05, 0.1) is 12.5 Å². The molecule has 1 atom stereocenters. The first-order valence-corrected chi connectivity index (χ1v) is 7.12. The van der Waals surface area contributed by atoms with E-state index in [2.05, 4.69) is 9.55 Å². The van der Waals surface area contributed by atoms with Crippen molar-refractivity contribution >= 4 is 5.91 Å². The Balaban J connectivity index is 1.40. The SMILES string of the molecule is O=C(C1CCc2nccn2C1)N1CC2(CCOC2)C1. The number of hydrogen-bond donors (Lipinski definition) is 0. The number of amides is 1. The van der Waals surface area contributed by atoms with E-state index in [4.69, 9.17) is 4.74 Å². The summed E-state index contributed by atoms with van der Waals surface area (Å²) in [7, 11) is 0. The van der Waals surface area contributed by atoms with Crippen LogP contribution in [0.4, 0.5) is 0 Å². The van der Waals surface area contributed by atoms with Crippen LogP contribution in [0, 0.1) is 11.3 Å². The molecule has 3 aliphatic heterocycles. The van der Waals surface area contributed by atoms with E-state index < -0.39 is 0 Å². The van der Waals surface area contributed by atoms with Gasteiger partial charge in [0.2, 0.25) is 5.91 Å². The van der Waals surface area contributed by atoms with E-state index in [0.717, 1.165) is 57.9 Å². The average molecular weight is 261 g/mol. The molecule has 0 aliphatic carbocycles. The van der Waals surface area contributed by atoms with Crippen LogP contribution in [0.25, 0.3) is 0 Å². The van der Waals surface area contributed by atoms with Crippen LogP contribution in [-0.4, -0.2) is 46.7 Å². The molecule has 19 heavy (non-hydrogen) atoms. The maximum Gasteiger partial charge on any atom is 0.227 e. The van der Waals surface area contributed by atoms with Gasteiger partial charge >= 0.3 is 0 Å². The normalized spacial score (nSPS) is 28.2. The van der Waals surface area contributed by atoms with Gasteiger partial charge in [0.1, 0.15) is 5.82 Å². The van der Waals surface area contributed by atoms with Gasteiger partial charge in [-0.05, 0) is 12.8 Å². The van der Waals surface area contributed by atoms with Crippen LogP contribution in [0.1, 0.15) is 18.7 Å². The van der Waals surface area contributed by atoms with Crippen molar-refractivity contribution in [1.82, 2.24) is 14.5 Å². The van der Waals surface area contributed by atoms with Crippen LogP contribution in [0.3, 0.4) is 0 Å². The Morgan fingerprint density at radius 2 is 2.37 bits per heavy atom. The summed E-state index contributed by atoms with van der Waals surface area (Å²) in [5.74, 6) is 1.59. The Hall–Kier alpha value is -1.36. The van der Waals surface area contributed by atoms with Crippen molar-refractivity contribution in [3.8, 4) is 0 Å². The molecule has 3 aliphatic rings. The van der Waals surface area contributed by atoms with Crippen LogP contribution >= 0.6 is 0 Å². The van der Waals surface area contributed by atoms with Gasteiger partial charge in [-0.2, -0.15) is 0 Å². The summed E-state index contributed by atoms with van der Waals surface area (Å²) >= 11 is 0. The smallest absolute Gasteiger partial charge is 0.227 e. The number of likely N-dealkylation sites (tertiary alicyclic amines) is 1. The highest BCUT2D eigenvalue weighted by molar-refractivity contribution is 5.80. The molecule has 2 fully saturated rings. The highest BCUT2D eigenvalue weighted by Crippen LogP contribution is 2.39. The first kappa shape index (κ1) is 11.5. The number of ether oxygens (including phenoxy) is 1. The van der Waals surface area contributed by atoms with E-state index in [1.54, 1.807) is 0 Å². The van der Waals surface area contributed by atoms with Gasteiger partial charge in [-0.15, -0.1) is 0 Å². The molecular formula is C14H19N3O2. The first-order valence-electron chi connectivity index (χ1n) is 7.12. The lowest BCUT2D eigenvalue weighted by molar-refractivity contribution is -0.149. The number of nitrogens with zero attached hydrogens (tertiary/aromatic N) is 3.